The Morgan fingerprint density at radius 3 is 2.51 bits per heavy atom. The molecular formula is C32H30N4O3S2. The molecule has 4 aromatic rings. The summed E-state index contributed by atoms with van der Waals surface area (Å²) in [7, 11) is 6.02. The number of anilines is 3. The van der Waals surface area contributed by atoms with Crippen LogP contribution in [0, 0.1) is 0 Å². The standard InChI is InChI=1S/C32H30N4O3S2/c1-6-39-31(38)28-19(2)33-32-36(29(28)21-12-14-22(15-13-21)34(3)4)30(37)27(41-32)18-20-11-16-24-26(17-20)40-25-10-8-7-9-23(25)35(24)5/h7-18,29H,6H2,1-5H3/b27-18+/t29-/m0/s1. The van der Waals surface area contributed by atoms with Crippen molar-refractivity contribution in [1.82, 2.24) is 4.57 Å². The summed E-state index contributed by atoms with van der Waals surface area (Å²) in [4.78, 5) is 39.0. The number of allylic oxidation sites excluding steroid dienone is 1. The van der Waals surface area contributed by atoms with Gasteiger partial charge in [-0.1, -0.05) is 53.4 Å². The predicted molar refractivity (Wildman–Crippen MR) is 166 cm³/mol. The summed E-state index contributed by atoms with van der Waals surface area (Å²) in [6, 6.07) is 21.9. The number of benzene rings is 3. The van der Waals surface area contributed by atoms with Crippen molar-refractivity contribution in [2.24, 2.45) is 4.99 Å². The normalized spacial score (nSPS) is 16.1. The third-order valence-electron chi connectivity index (χ3n) is 7.33. The van der Waals surface area contributed by atoms with E-state index in [1.165, 1.54) is 21.9 Å². The minimum Gasteiger partial charge on any atom is -0.463 e. The SMILES string of the molecule is CCOC(=O)C1=C(C)N=c2s/c(=C/c3ccc4c(c3)Sc3ccccc3N4C)c(=O)n2[C@H]1c1ccc(N(C)C)cc1. The highest BCUT2D eigenvalue weighted by Gasteiger charge is 2.33. The van der Waals surface area contributed by atoms with Gasteiger partial charge in [-0.05, 0) is 67.4 Å². The summed E-state index contributed by atoms with van der Waals surface area (Å²) >= 11 is 3.07. The highest BCUT2D eigenvalue weighted by Crippen LogP contribution is 2.47. The van der Waals surface area contributed by atoms with Crippen LogP contribution in [0.15, 0.2) is 97.6 Å². The maximum atomic E-state index is 14.0. The largest absolute Gasteiger partial charge is 0.463 e. The van der Waals surface area contributed by atoms with Crippen LogP contribution in [-0.4, -0.2) is 38.3 Å². The number of hydrogen-bond donors (Lipinski definition) is 0. The Morgan fingerprint density at radius 1 is 1.05 bits per heavy atom. The van der Waals surface area contributed by atoms with Crippen LogP contribution in [0.5, 0.6) is 0 Å². The zero-order chi connectivity index (χ0) is 28.8. The van der Waals surface area contributed by atoms with Crippen molar-refractivity contribution in [3.8, 4) is 0 Å². The quantitative estimate of drug-likeness (QED) is 0.305. The molecule has 0 bridgehead atoms. The Kier molecular flexibility index (Phi) is 7.09. The molecule has 6 rings (SSSR count). The summed E-state index contributed by atoms with van der Waals surface area (Å²) in [6.07, 6.45) is 1.92. The van der Waals surface area contributed by atoms with Gasteiger partial charge in [0.1, 0.15) is 0 Å². The summed E-state index contributed by atoms with van der Waals surface area (Å²) in [5, 5.41) is 0. The van der Waals surface area contributed by atoms with E-state index in [-0.39, 0.29) is 12.2 Å². The topological polar surface area (TPSA) is 67.1 Å². The molecule has 0 aliphatic carbocycles. The second-order valence-electron chi connectivity index (χ2n) is 10.1. The number of esters is 1. The minimum atomic E-state index is -0.632. The molecule has 2 aliphatic heterocycles. The van der Waals surface area contributed by atoms with Crippen LogP contribution in [0.2, 0.25) is 0 Å². The number of para-hydroxylation sites is 1. The lowest BCUT2D eigenvalue weighted by atomic mass is 9.95. The molecule has 0 amide bonds. The molecule has 0 N–H and O–H groups in total. The van der Waals surface area contributed by atoms with Gasteiger partial charge in [-0.2, -0.15) is 0 Å². The first-order chi connectivity index (χ1) is 19.8. The summed E-state index contributed by atoms with van der Waals surface area (Å²) in [5.41, 5.74) is 5.85. The third kappa shape index (κ3) is 4.79. The van der Waals surface area contributed by atoms with Crippen molar-refractivity contribution in [2.45, 2.75) is 29.7 Å². The first-order valence-corrected chi connectivity index (χ1v) is 15.0. The number of thiazole rings is 1. The van der Waals surface area contributed by atoms with Crippen molar-refractivity contribution in [1.29, 1.82) is 0 Å². The minimum absolute atomic E-state index is 0.183. The highest BCUT2D eigenvalue weighted by atomic mass is 32.2. The monoisotopic (exact) mass is 582 g/mol. The van der Waals surface area contributed by atoms with Gasteiger partial charge in [-0.25, -0.2) is 9.79 Å². The van der Waals surface area contributed by atoms with Crippen LogP contribution >= 0.6 is 23.1 Å². The third-order valence-corrected chi connectivity index (χ3v) is 9.43. The fraction of sp³-hybridized carbons (Fsp3) is 0.219. The number of nitrogens with zero attached hydrogens (tertiary/aromatic N) is 4. The molecule has 0 saturated carbocycles. The smallest absolute Gasteiger partial charge is 0.338 e. The van der Waals surface area contributed by atoms with Crippen molar-refractivity contribution in [3.05, 3.63) is 109 Å². The molecule has 1 atom stereocenters. The van der Waals surface area contributed by atoms with Gasteiger partial charge in [0.05, 0.1) is 39.8 Å². The van der Waals surface area contributed by atoms with Gasteiger partial charge in [0.15, 0.2) is 4.80 Å². The van der Waals surface area contributed by atoms with Crippen LogP contribution in [0.1, 0.15) is 31.0 Å². The van der Waals surface area contributed by atoms with Crippen molar-refractivity contribution in [3.63, 3.8) is 0 Å². The van der Waals surface area contributed by atoms with E-state index in [0.717, 1.165) is 27.4 Å². The lowest BCUT2D eigenvalue weighted by molar-refractivity contribution is -0.139. The summed E-state index contributed by atoms with van der Waals surface area (Å²) < 4.78 is 7.62. The van der Waals surface area contributed by atoms with Crippen molar-refractivity contribution in [2.75, 3.05) is 37.5 Å². The van der Waals surface area contributed by atoms with E-state index in [4.69, 9.17) is 9.73 Å². The number of carbonyl (C=O) groups excluding carboxylic acids is 1. The van der Waals surface area contributed by atoms with E-state index in [1.807, 2.05) is 67.5 Å². The number of rotatable bonds is 5. The van der Waals surface area contributed by atoms with Gasteiger partial charge in [-0.3, -0.25) is 9.36 Å². The van der Waals surface area contributed by atoms with Gasteiger partial charge in [-0.15, -0.1) is 0 Å². The molecule has 2 aliphatic rings. The molecule has 0 spiro atoms. The van der Waals surface area contributed by atoms with E-state index < -0.39 is 12.0 Å². The summed E-state index contributed by atoms with van der Waals surface area (Å²) in [6.45, 7) is 3.82. The fourth-order valence-electron chi connectivity index (χ4n) is 5.26. The first-order valence-electron chi connectivity index (χ1n) is 13.4. The molecular weight excluding hydrogens is 553 g/mol. The predicted octanol–water partition coefficient (Wildman–Crippen LogP) is 5.10. The number of aromatic nitrogens is 1. The van der Waals surface area contributed by atoms with E-state index in [9.17, 15) is 9.59 Å². The van der Waals surface area contributed by atoms with Gasteiger partial charge in [0.25, 0.3) is 5.56 Å². The molecule has 3 aromatic carbocycles. The van der Waals surface area contributed by atoms with Crippen LogP contribution in [0.3, 0.4) is 0 Å². The van der Waals surface area contributed by atoms with Crippen LogP contribution in [-0.2, 0) is 9.53 Å². The Morgan fingerprint density at radius 2 is 1.78 bits per heavy atom. The molecule has 0 saturated heterocycles. The fourth-order valence-corrected chi connectivity index (χ4v) is 7.51. The van der Waals surface area contributed by atoms with Crippen LogP contribution in [0.25, 0.3) is 6.08 Å². The van der Waals surface area contributed by atoms with Crippen molar-refractivity contribution < 1.29 is 9.53 Å². The van der Waals surface area contributed by atoms with E-state index in [2.05, 4.69) is 36.2 Å². The second-order valence-corrected chi connectivity index (χ2v) is 12.2. The van der Waals surface area contributed by atoms with Crippen LogP contribution < -0.4 is 24.7 Å². The Labute approximate surface area is 246 Å². The Balaban J connectivity index is 1.46. The lowest BCUT2D eigenvalue weighted by Crippen LogP contribution is -2.39. The zero-order valence-electron chi connectivity index (χ0n) is 23.5. The molecule has 9 heteroatoms. The van der Waals surface area contributed by atoms with Crippen molar-refractivity contribution >= 4 is 52.2 Å². The average molecular weight is 583 g/mol. The number of ether oxygens (including phenoxy) is 1. The molecule has 41 heavy (non-hydrogen) atoms. The second kappa shape index (κ2) is 10.7. The molecule has 0 unspecified atom stereocenters. The Hall–Kier alpha value is -4.08. The van der Waals surface area contributed by atoms with E-state index >= 15 is 0 Å². The maximum Gasteiger partial charge on any atom is 0.338 e. The maximum absolute atomic E-state index is 14.0. The average Bonchev–Trinajstić information content (AvgIpc) is 3.26. The van der Waals surface area contributed by atoms with Gasteiger partial charge < -0.3 is 14.5 Å². The molecule has 3 heterocycles. The molecule has 0 radical (unpaired) electrons. The molecule has 7 nitrogen and oxygen atoms in total. The lowest BCUT2D eigenvalue weighted by Gasteiger charge is -2.29. The van der Waals surface area contributed by atoms with Gasteiger partial charge in [0, 0.05) is 36.6 Å². The zero-order valence-corrected chi connectivity index (χ0v) is 25.2. The number of fused-ring (bicyclic) bond motifs is 3. The summed E-state index contributed by atoms with van der Waals surface area (Å²) in [5.74, 6) is -0.458. The van der Waals surface area contributed by atoms with Crippen LogP contribution in [0.4, 0.5) is 17.1 Å². The number of hydrogen-bond acceptors (Lipinski definition) is 8. The van der Waals surface area contributed by atoms with E-state index in [0.29, 0.717) is 20.6 Å². The van der Waals surface area contributed by atoms with Gasteiger partial charge >= 0.3 is 5.97 Å². The Bertz CT molecular complexity index is 1890. The highest BCUT2D eigenvalue weighted by molar-refractivity contribution is 7.99. The number of carbonyl (C=O) groups is 1. The molecule has 208 valence electrons. The molecule has 1 aromatic heterocycles. The van der Waals surface area contributed by atoms with E-state index in [1.54, 1.807) is 30.2 Å². The molecule has 0 fully saturated rings. The first kappa shape index (κ1) is 27.1. The van der Waals surface area contributed by atoms with Gasteiger partial charge in [0.2, 0.25) is 0 Å².